The van der Waals surface area contributed by atoms with Crippen LogP contribution in [-0.4, -0.2) is 16.1 Å². The van der Waals surface area contributed by atoms with E-state index in [1.54, 1.807) is 12.3 Å². The lowest BCUT2D eigenvalue weighted by Gasteiger charge is -2.09. The molecule has 4 nitrogen and oxygen atoms in total. The lowest BCUT2D eigenvalue weighted by atomic mass is 10.0. The molecule has 1 aromatic carbocycles. The number of aromatic carboxylic acids is 1. The molecule has 2 aromatic rings. The highest BCUT2D eigenvalue weighted by Gasteiger charge is 2.12. The van der Waals surface area contributed by atoms with Gasteiger partial charge in [-0.1, -0.05) is 23.7 Å². The summed E-state index contributed by atoms with van der Waals surface area (Å²) < 4.78 is 0. The van der Waals surface area contributed by atoms with E-state index in [4.69, 9.17) is 22.4 Å². The number of nitrogen functional groups attached to an aromatic ring is 1. The average Bonchev–Trinajstić information content (AvgIpc) is 2.33. The molecule has 92 valence electrons. The van der Waals surface area contributed by atoms with Crippen molar-refractivity contribution in [2.24, 2.45) is 0 Å². The monoisotopic (exact) mass is 262 g/mol. The van der Waals surface area contributed by atoms with Crippen LogP contribution in [-0.2, 0) is 0 Å². The van der Waals surface area contributed by atoms with Gasteiger partial charge in [0.1, 0.15) is 11.4 Å². The molecule has 0 atom stereocenters. The number of halogens is 1. The summed E-state index contributed by atoms with van der Waals surface area (Å²) in [6.45, 7) is 1.87. The van der Waals surface area contributed by atoms with Gasteiger partial charge in [-0.25, -0.2) is 9.78 Å². The number of carboxylic acid groups (broad SMARTS) is 1. The molecule has 0 saturated heterocycles. The second-order valence-electron chi connectivity index (χ2n) is 3.87. The first-order valence-electron chi connectivity index (χ1n) is 5.25. The Morgan fingerprint density at radius 2 is 2.17 bits per heavy atom. The van der Waals surface area contributed by atoms with E-state index < -0.39 is 5.97 Å². The molecule has 0 unspecified atom stereocenters. The van der Waals surface area contributed by atoms with Crippen LogP contribution >= 0.6 is 11.6 Å². The minimum atomic E-state index is -1.10. The van der Waals surface area contributed by atoms with E-state index in [2.05, 4.69) is 4.98 Å². The zero-order valence-electron chi connectivity index (χ0n) is 9.64. The summed E-state index contributed by atoms with van der Waals surface area (Å²) in [5.74, 6) is -1.09. The SMILES string of the molecule is Cc1c(Cl)cccc1-c1cnc(N)c(C(=O)O)c1. The molecule has 0 saturated carbocycles. The van der Waals surface area contributed by atoms with E-state index in [0.29, 0.717) is 10.6 Å². The van der Waals surface area contributed by atoms with Crippen LogP contribution in [0.4, 0.5) is 5.82 Å². The number of aromatic nitrogens is 1. The lowest BCUT2D eigenvalue weighted by Crippen LogP contribution is -2.04. The molecule has 0 bridgehead atoms. The number of pyridine rings is 1. The van der Waals surface area contributed by atoms with Gasteiger partial charge in [0.25, 0.3) is 0 Å². The standard InChI is InChI=1S/C13H11ClN2O2/c1-7-9(3-2-4-11(7)14)8-5-10(13(17)18)12(15)16-6-8/h2-6H,1H3,(H2,15,16)(H,17,18). The first kappa shape index (κ1) is 12.4. The van der Waals surface area contributed by atoms with E-state index in [0.717, 1.165) is 11.1 Å². The van der Waals surface area contributed by atoms with Crippen LogP contribution in [0, 0.1) is 6.92 Å². The predicted molar refractivity (Wildman–Crippen MR) is 70.8 cm³/mol. The van der Waals surface area contributed by atoms with Crippen molar-refractivity contribution in [3.8, 4) is 11.1 Å². The van der Waals surface area contributed by atoms with Gasteiger partial charge >= 0.3 is 5.97 Å². The second-order valence-corrected chi connectivity index (χ2v) is 4.28. The zero-order valence-corrected chi connectivity index (χ0v) is 10.4. The van der Waals surface area contributed by atoms with Gasteiger partial charge in [-0.3, -0.25) is 0 Å². The van der Waals surface area contributed by atoms with Crippen LogP contribution < -0.4 is 5.73 Å². The molecule has 0 fully saturated rings. The summed E-state index contributed by atoms with van der Waals surface area (Å²) >= 11 is 6.04. The highest BCUT2D eigenvalue weighted by molar-refractivity contribution is 6.31. The zero-order chi connectivity index (χ0) is 13.3. The highest BCUT2D eigenvalue weighted by Crippen LogP contribution is 2.29. The van der Waals surface area contributed by atoms with Crippen LogP contribution in [0.25, 0.3) is 11.1 Å². The fourth-order valence-electron chi connectivity index (χ4n) is 1.71. The van der Waals surface area contributed by atoms with Crippen molar-refractivity contribution in [3.05, 3.63) is 46.6 Å². The molecular weight excluding hydrogens is 252 g/mol. The molecule has 0 radical (unpaired) electrons. The van der Waals surface area contributed by atoms with E-state index in [9.17, 15) is 4.79 Å². The number of nitrogens with zero attached hydrogens (tertiary/aromatic N) is 1. The molecule has 2 rings (SSSR count). The van der Waals surface area contributed by atoms with E-state index in [1.165, 1.54) is 6.07 Å². The molecule has 5 heteroatoms. The van der Waals surface area contributed by atoms with E-state index >= 15 is 0 Å². The first-order valence-corrected chi connectivity index (χ1v) is 5.63. The van der Waals surface area contributed by atoms with Crippen LogP contribution in [0.3, 0.4) is 0 Å². The third-order valence-corrected chi connectivity index (χ3v) is 3.14. The Hall–Kier alpha value is -2.07. The van der Waals surface area contributed by atoms with Gasteiger partial charge in [0.05, 0.1) is 0 Å². The number of hydrogen-bond donors (Lipinski definition) is 2. The maximum atomic E-state index is 11.0. The Morgan fingerprint density at radius 3 is 2.83 bits per heavy atom. The van der Waals surface area contributed by atoms with Crippen molar-refractivity contribution >= 4 is 23.4 Å². The maximum Gasteiger partial charge on any atom is 0.339 e. The fraction of sp³-hybridized carbons (Fsp3) is 0.0769. The van der Waals surface area contributed by atoms with Gasteiger partial charge in [-0.2, -0.15) is 0 Å². The average molecular weight is 263 g/mol. The quantitative estimate of drug-likeness (QED) is 0.872. The van der Waals surface area contributed by atoms with Gasteiger partial charge in [0.2, 0.25) is 0 Å². The topological polar surface area (TPSA) is 76.2 Å². The third kappa shape index (κ3) is 2.15. The molecule has 0 amide bonds. The second kappa shape index (κ2) is 4.66. The van der Waals surface area contributed by atoms with E-state index in [-0.39, 0.29) is 11.4 Å². The smallest absolute Gasteiger partial charge is 0.339 e. The fourth-order valence-corrected chi connectivity index (χ4v) is 1.89. The predicted octanol–water partition coefficient (Wildman–Crippen LogP) is 2.99. The third-order valence-electron chi connectivity index (χ3n) is 2.73. The highest BCUT2D eigenvalue weighted by atomic mass is 35.5. The number of hydrogen-bond acceptors (Lipinski definition) is 3. The Bertz CT molecular complexity index is 626. The molecule has 1 aromatic heterocycles. The Morgan fingerprint density at radius 1 is 1.44 bits per heavy atom. The number of carboxylic acids is 1. The van der Waals surface area contributed by atoms with Gasteiger partial charge < -0.3 is 10.8 Å². The van der Waals surface area contributed by atoms with Crippen molar-refractivity contribution in [3.63, 3.8) is 0 Å². The molecule has 1 heterocycles. The van der Waals surface area contributed by atoms with Gasteiger partial charge in [-0.05, 0) is 30.2 Å². The van der Waals surface area contributed by atoms with E-state index in [1.807, 2.05) is 19.1 Å². The summed E-state index contributed by atoms with van der Waals surface area (Å²) in [6.07, 6.45) is 1.54. The number of carbonyl (C=O) groups is 1. The van der Waals surface area contributed by atoms with Crippen molar-refractivity contribution in [1.82, 2.24) is 4.98 Å². The number of anilines is 1. The van der Waals surface area contributed by atoms with Crippen LogP contribution in [0.1, 0.15) is 15.9 Å². The van der Waals surface area contributed by atoms with Crippen molar-refractivity contribution < 1.29 is 9.90 Å². The number of benzene rings is 1. The molecule has 0 aliphatic rings. The molecule has 0 aliphatic carbocycles. The summed E-state index contributed by atoms with van der Waals surface area (Å²) in [5, 5.41) is 9.64. The minimum absolute atomic E-state index is 0.00549. The Kier molecular flexibility index (Phi) is 3.21. The molecule has 0 spiro atoms. The number of nitrogens with two attached hydrogens (primary N) is 1. The Labute approximate surface area is 109 Å². The van der Waals surface area contributed by atoms with Crippen LogP contribution in [0.15, 0.2) is 30.5 Å². The van der Waals surface area contributed by atoms with Gasteiger partial charge in [-0.15, -0.1) is 0 Å². The summed E-state index contributed by atoms with van der Waals surface area (Å²) in [6, 6.07) is 6.95. The van der Waals surface area contributed by atoms with Gasteiger partial charge in [0.15, 0.2) is 0 Å². The maximum absolute atomic E-state index is 11.0. The van der Waals surface area contributed by atoms with Gasteiger partial charge in [0, 0.05) is 16.8 Å². The lowest BCUT2D eigenvalue weighted by molar-refractivity contribution is 0.0697. The minimum Gasteiger partial charge on any atom is -0.478 e. The largest absolute Gasteiger partial charge is 0.478 e. The first-order chi connectivity index (χ1) is 8.50. The van der Waals surface area contributed by atoms with Crippen molar-refractivity contribution in [1.29, 1.82) is 0 Å². The number of rotatable bonds is 2. The molecular formula is C13H11ClN2O2. The van der Waals surface area contributed by atoms with Crippen molar-refractivity contribution in [2.75, 3.05) is 5.73 Å². The normalized spacial score (nSPS) is 10.3. The summed E-state index contributed by atoms with van der Waals surface area (Å²) in [5.41, 5.74) is 7.91. The van der Waals surface area contributed by atoms with Crippen LogP contribution in [0.2, 0.25) is 5.02 Å². The van der Waals surface area contributed by atoms with Crippen LogP contribution in [0.5, 0.6) is 0 Å². The summed E-state index contributed by atoms with van der Waals surface area (Å²) in [4.78, 5) is 14.9. The Balaban J connectivity index is 2.62. The van der Waals surface area contributed by atoms with Crippen molar-refractivity contribution in [2.45, 2.75) is 6.92 Å². The molecule has 18 heavy (non-hydrogen) atoms. The molecule has 3 N–H and O–H groups in total. The molecule has 0 aliphatic heterocycles. The summed E-state index contributed by atoms with van der Waals surface area (Å²) in [7, 11) is 0.